The first-order valence-corrected chi connectivity index (χ1v) is 10.5. The quantitative estimate of drug-likeness (QED) is 0.433. The molecule has 6 nitrogen and oxygen atoms in total. The number of imidazole rings is 1. The van der Waals surface area contributed by atoms with Gasteiger partial charge in [-0.25, -0.2) is 4.98 Å². The lowest BCUT2D eigenvalue weighted by atomic mass is 10.2. The van der Waals surface area contributed by atoms with E-state index in [0.29, 0.717) is 29.3 Å². The summed E-state index contributed by atoms with van der Waals surface area (Å²) in [5.74, 6) is 2.44. The van der Waals surface area contributed by atoms with Gasteiger partial charge in [0, 0.05) is 18.9 Å². The van der Waals surface area contributed by atoms with Gasteiger partial charge in [0.2, 0.25) is 0 Å². The fourth-order valence-electron chi connectivity index (χ4n) is 2.81. The van der Waals surface area contributed by atoms with Gasteiger partial charge in [-0.2, -0.15) is 8.78 Å². The van der Waals surface area contributed by atoms with Crippen LogP contribution in [0.15, 0.2) is 41.8 Å². The van der Waals surface area contributed by atoms with Crippen LogP contribution in [0.25, 0.3) is 0 Å². The van der Waals surface area contributed by atoms with Crippen LogP contribution in [-0.4, -0.2) is 24.3 Å². The molecule has 29 heavy (non-hydrogen) atoms. The Morgan fingerprint density at radius 3 is 2.52 bits per heavy atom. The molecular weight excluding hydrogens is 396 g/mol. The molecule has 1 aromatic carbocycles. The third-order valence-electron chi connectivity index (χ3n) is 4.33. The molecular formula is C20H25F2N5OS. The summed E-state index contributed by atoms with van der Waals surface area (Å²) in [4.78, 5) is 4.02. The van der Waals surface area contributed by atoms with Crippen molar-refractivity contribution in [3.63, 3.8) is 0 Å². The smallest absolute Gasteiger partial charge is 0.319 e. The van der Waals surface area contributed by atoms with Crippen LogP contribution in [-0.2, 0) is 25.3 Å². The molecule has 0 saturated carbocycles. The summed E-state index contributed by atoms with van der Waals surface area (Å²) in [6.07, 6.45) is 3.64. The predicted molar refractivity (Wildman–Crippen MR) is 108 cm³/mol. The molecule has 0 amide bonds. The van der Waals surface area contributed by atoms with Crippen LogP contribution in [0.3, 0.4) is 0 Å². The van der Waals surface area contributed by atoms with E-state index in [1.54, 1.807) is 0 Å². The largest absolute Gasteiger partial charge is 0.486 e. The Hall–Kier alpha value is -2.42. The molecule has 156 valence electrons. The zero-order chi connectivity index (χ0) is 20.8. The highest BCUT2D eigenvalue weighted by atomic mass is 32.2. The minimum atomic E-state index is -2.61. The molecule has 0 aliphatic heterocycles. The first-order valence-electron chi connectivity index (χ1n) is 9.54. The molecule has 2 aromatic heterocycles. The third kappa shape index (κ3) is 5.56. The maximum atomic E-state index is 13.0. The van der Waals surface area contributed by atoms with Crippen LogP contribution in [0.2, 0.25) is 0 Å². The van der Waals surface area contributed by atoms with E-state index >= 15 is 0 Å². The first kappa shape index (κ1) is 21.3. The number of hydrogen-bond donors (Lipinski definition) is 0. The van der Waals surface area contributed by atoms with Crippen molar-refractivity contribution in [2.24, 2.45) is 5.92 Å². The Morgan fingerprint density at radius 1 is 1.10 bits per heavy atom. The van der Waals surface area contributed by atoms with Gasteiger partial charge in [0.05, 0.1) is 5.75 Å². The van der Waals surface area contributed by atoms with Crippen LogP contribution in [0.1, 0.15) is 44.5 Å². The molecule has 3 aromatic rings. The minimum absolute atomic E-state index is 0.285. The molecule has 0 atom stereocenters. The molecule has 0 radical (unpaired) electrons. The summed E-state index contributed by atoms with van der Waals surface area (Å²) in [6.45, 7) is 4.71. The van der Waals surface area contributed by atoms with Crippen molar-refractivity contribution >= 4 is 11.8 Å². The Balaban J connectivity index is 1.70. The number of hydrogen-bond acceptors (Lipinski definition) is 5. The molecule has 0 spiro atoms. The average Bonchev–Trinajstić information content (AvgIpc) is 3.32. The van der Waals surface area contributed by atoms with E-state index in [1.165, 1.54) is 29.7 Å². The summed E-state index contributed by atoms with van der Waals surface area (Å²) in [5.41, 5.74) is 1.25. The number of aromatic nitrogens is 5. The second-order valence-electron chi connectivity index (χ2n) is 7.01. The Morgan fingerprint density at radius 2 is 1.86 bits per heavy atom. The van der Waals surface area contributed by atoms with Crippen LogP contribution in [0, 0.1) is 5.92 Å². The monoisotopic (exact) mass is 421 g/mol. The Labute approximate surface area is 173 Å². The van der Waals surface area contributed by atoms with Crippen molar-refractivity contribution in [3.05, 3.63) is 53.9 Å². The van der Waals surface area contributed by atoms with E-state index in [1.807, 2.05) is 28.8 Å². The first-order chi connectivity index (χ1) is 14.0. The van der Waals surface area contributed by atoms with Crippen molar-refractivity contribution in [2.45, 2.75) is 57.8 Å². The summed E-state index contributed by atoms with van der Waals surface area (Å²) in [7, 11) is 0. The van der Waals surface area contributed by atoms with Crippen LogP contribution in [0.5, 0.6) is 5.75 Å². The van der Waals surface area contributed by atoms with E-state index in [9.17, 15) is 8.78 Å². The lowest BCUT2D eigenvalue weighted by molar-refractivity contribution is 0.0678. The van der Waals surface area contributed by atoms with Gasteiger partial charge >= 0.3 is 6.55 Å². The van der Waals surface area contributed by atoms with Gasteiger partial charge in [-0.1, -0.05) is 44.7 Å². The van der Waals surface area contributed by atoms with E-state index in [-0.39, 0.29) is 12.4 Å². The zero-order valence-corrected chi connectivity index (χ0v) is 17.6. The predicted octanol–water partition coefficient (Wildman–Crippen LogP) is 4.96. The molecule has 0 fully saturated rings. The molecule has 9 heteroatoms. The van der Waals surface area contributed by atoms with Gasteiger partial charge in [0.15, 0.2) is 11.0 Å². The van der Waals surface area contributed by atoms with Crippen molar-refractivity contribution in [1.29, 1.82) is 0 Å². The summed E-state index contributed by atoms with van der Waals surface area (Å²) < 4.78 is 34.8. The van der Waals surface area contributed by atoms with Crippen molar-refractivity contribution < 1.29 is 13.5 Å². The van der Waals surface area contributed by atoms with Gasteiger partial charge < -0.3 is 9.30 Å². The highest BCUT2D eigenvalue weighted by Crippen LogP contribution is 2.25. The highest BCUT2D eigenvalue weighted by Gasteiger charge is 2.17. The minimum Gasteiger partial charge on any atom is -0.486 e. The topological polar surface area (TPSA) is 57.8 Å². The number of benzene rings is 1. The maximum absolute atomic E-state index is 13.0. The molecule has 0 aliphatic carbocycles. The Bertz CT molecular complexity index is 908. The van der Waals surface area contributed by atoms with E-state index < -0.39 is 6.55 Å². The molecule has 0 bridgehead atoms. The second-order valence-corrected chi connectivity index (χ2v) is 7.95. The number of alkyl halides is 2. The molecule has 2 heterocycles. The fraction of sp³-hybridized carbons (Fsp3) is 0.450. The van der Waals surface area contributed by atoms with Crippen molar-refractivity contribution in [3.8, 4) is 5.75 Å². The summed E-state index contributed by atoms with van der Waals surface area (Å²) in [5, 5.41) is 9.19. The highest BCUT2D eigenvalue weighted by molar-refractivity contribution is 7.98. The number of halogens is 2. The second kappa shape index (κ2) is 9.87. The summed E-state index contributed by atoms with van der Waals surface area (Å²) >= 11 is 1.34. The lowest BCUT2D eigenvalue weighted by Crippen LogP contribution is -2.12. The van der Waals surface area contributed by atoms with Gasteiger partial charge in [-0.15, -0.1) is 10.2 Å². The fourth-order valence-corrected chi connectivity index (χ4v) is 3.73. The molecule has 0 N–H and O–H groups in total. The van der Waals surface area contributed by atoms with Gasteiger partial charge in [-0.3, -0.25) is 4.57 Å². The molecule has 0 aliphatic rings. The molecule has 3 rings (SSSR count). The maximum Gasteiger partial charge on any atom is 0.319 e. The normalized spacial score (nSPS) is 11.6. The van der Waals surface area contributed by atoms with Gasteiger partial charge in [0.25, 0.3) is 0 Å². The van der Waals surface area contributed by atoms with E-state index in [0.717, 1.165) is 16.7 Å². The molecule has 0 unspecified atom stereocenters. The zero-order valence-electron chi connectivity index (χ0n) is 16.8. The lowest BCUT2D eigenvalue weighted by Gasteiger charge is -2.13. The van der Waals surface area contributed by atoms with Crippen LogP contribution in [0.4, 0.5) is 8.78 Å². The number of rotatable bonds is 10. The standard InChI is InChI=1S/C20H25F2N5OS/c1-4-15-5-7-16(8-6-15)28-12-17-24-25-20(27(17)11-14(2)3)29-13-18-23-9-10-26(18)19(21)22/h5-10,14,19H,4,11-13H2,1-3H3. The van der Waals surface area contributed by atoms with E-state index in [2.05, 4.69) is 36.0 Å². The molecule has 0 saturated heterocycles. The van der Waals surface area contributed by atoms with Crippen LogP contribution >= 0.6 is 11.8 Å². The SMILES string of the molecule is CCc1ccc(OCc2nnc(SCc3nccn3C(F)F)n2CC(C)C)cc1. The third-order valence-corrected chi connectivity index (χ3v) is 5.29. The number of aryl methyl sites for hydroxylation is 1. The number of nitrogens with zero attached hydrogens (tertiary/aromatic N) is 5. The average molecular weight is 422 g/mol. The van der Waals surface area contributed by atoms with Crippen molar-refractivity contribution in [1.82, 2.24) is 24.3 Å². The van der Waals surface area contributed by atoms with Crippen LogP contribution < -0.4 is 4.74 Å². The van der Waals surface area contributed by atoms with Crippen molar-refractivity contribution in [2.75, 3.05) is 0 Å². The summed E-state index contributed by atoms with van der Waals surface area (Å²) in [6, 6.07) is 7.98. The van der Waals surface area contributed by atoms with Gasteiger partial charge in [-0.05, 0) is 30.0 Å². The van der Waals surface area contributed by atoms with Gasteiger partial charge in [0.1, 0.15) is 18.2 Å². The number of ether oxygens (including phenoxy) is 1. The van der Waals surface area contributed by atoms with E-state index in [4.69, 9.17) is 4.74 Å². The Kier molecular flexibility index (Phi) is 7.24. The number of thioether (sulfide) groups is 1.